The fraction of sp³-hybridized carbons (Fsp3) is 0.217. The molecule has 0 saturated carbocycles. The van der Waals surface area contributed by atoms with Gasteiger partial charge in [-0.15, -0.1) is 0 Å². The van der Waals surface area contributed by atoms with E-state index in [0.29, 0.717) is 29.1 Å². The Labute approximate surface area is 194 Å². The Morgan fingerprint density at radius 3 is 2.64 bits per heavy atom. The van der Waals surface area contributed by atoms with E-state index in [1.165, 1.54) is 18.0 Å². The van der Waals surface area contributed by atoms with Crippen LogP contribution in [0.1, 0.15) is 22.8 Å². The van der Waals surface area contributed by atoms with Crippen molar-refractivity contribution in [3.05, 3.63) is 59.8 Å². The van der Waals surface area contributed by atoms with Gasteiger partial charge in [0.1, 0.15) is 23.7 Å². The number of ether oxygens (including phenoxy) is 3. The Bertz CT molecular complexity index is 1260. The standard InChI is InChI=1S/C23H23N5O4S/c1-4-31-22(29)18-12-24-23(33-3)26-20(18)25-21-17-10-9-16(11-19(17)27-28-21)32-13-14-5-7-15(30-2)8-6-14/h5-12H,4,13H2,1-3H3,(H2,24,25,26,27,28). The molecule has 0 aliphatic heterocycles. The van der Waals surface area contributed by atoms with E-state index in [1.807, 2.05) is 48.7 Å². The van der Waals surface area contributed by atoms with Gasteiger partial charge in [-0.2, -0.15) is 5.10 Å². The van der Waals surface area contributed by atoms with E-state index < -0.39 is 5.97 Å². The van der Waals surface area contributed by atoms with Crippen molar-refractivity contribution in [2.75, 3.05) is 25.3 Å². The Morgan fingerprint density at radius 2 is 1.91 bits per heavy atom. The second-order valence-electron chi connectivity index (χ2n) is 6.88. The van der Waals surface area contributed by atoms with Crippen molar-refractivity contribution < 1.29 is 19.0 Å². The average Bonchev–Trinajstić information content (AvgIpc) is 3.25. The minimum absolute atomic E-state index is 0.241. The fourth-order valence-electron chi connectivity index (χ4n) is 3.10. The van der Waals surface area contributed by atoms with Crippen molar-refractivity contribution in [3.8, 4) is 11.5 Å². The number of rotatable bonds is 9. The molecule has 0 unspecified atom stereocenters. The van der Waals surface area contributed by atoms with E-state index >= 15 is 0 Å². The van der Waals surface area contributed by atoms with Crippen LogP contribution in [0, 0.1) is 0 Å². The molecule has 4 aromatic rings. The van der Waals surface area contributed by atoms with Gasteiger partial charge < -0.3 is 19.5 Å². The molecule has 0 bridgehead atoms. The lowest BCUT2D eigenvalue weighted by Crippen LogP contribution is -2.11. The Kier molecular flexibility index (Phi) is 6.94. The lowest BCUT2D eigenvalue weighted by Gasteiger charge is -2.10. The molecule has 2 aromatic carbocycles. The topological polar surface area (TPSA) is 111 Å². The highest BCUT2D eigenvalue weighted by molar-refractivity contribution is 7.98. The zero-order valence-electron chi connectivity index (χ0n) is 18.4. The van der Waals surface area contributed by atoms with Crippen LogP contribution in [-0.2, 0) is 11.3 Å². The number of fused-ring (bicyclic) bond motifs is 1. The number of methoxy groups -OCH3 is 1. The van der Waals surface area contributed by atoms with Crippen LogP contribution in [0.25, 0.3) is 10.9 Å². The summed E-state index contributed by atoms with van der Waals surface area (Å²) in [6.45, 7) is 2.43. The van der Waals surface area contributed by atoms with Crippen LogP contribution in [0.4, 0.5) is 11.6 Å². The average molecular weight is 466 g/mol. The lowest BCUT2D eigenvalue weighted by molar-refractivity contribution is 0.0526. The van der Waals surface area contributed by atoms with Gasteiger partial charge in [-0.3, -0.25) is 5.10 Å². The van der Waals surface area contributed by atoms with Crippen LogP contribution < -0.4 is 14.8 Å². The van der Waals surface area contributed by atoms with Gasteiger partial charge in [0, 0.05) is 17.6 Å². The molecule has 2 heterocycles. The predicted molar refractivity (Wildman–Crippen MR) is 126 cm³/mol. The molecule has 2 N–H and O–H groups in total. The second-order valence-corrected chi connectivity index (χ2v) is 7.65. The highest BCUT2D eigenvalue weighted by Crippen LogP contribution is 2.29. The number of hydrogen-bond donors (Lipinski definition) is 2. The van der Waals surface area contributed by atoms with Crippen molar-refractivity contribution >= 4 is 40.3 Å². The van der Waals surface area contributed by atoms with E-state index in [1.54, 1.807) is 14.0 Å². The third kappa shape index (κ3) is 5.17. The molecule has 0 aliphatic rings. The van der Waals surface area contributed by atoms with Crippen LogP contribution in [0.5, 0.6) is 11.5 Å². The molecule has 4 rings (SSSR count). The summed E-state index contributed by atoms with van der Waals surface area (Å²) in [6.07, 6.45) is 3.32. The van der Waals surface area contributed by atoms with Gasteiger partial charge in [0.2, 0.25) is 0 Å². The third-order valence-electron chi connectivity index (χ3n) is 4.78. The van der Waals surface area contributed by atoms with Crippen molar-refractivity contribution in [1.29, 1.82) is 0 Å². The van der Waals surface area contributed by atoms with E-state index in [4.69, 9.17) is 14.2 Å². The summed E-state index contributed by atoms with van der Waals surface area (Å²) in [5.74, 6) is 1.87. The third-order valence-corrected chi connectivity index (χ3v) is 5.34. The number of thioether (sulfide) groups is 1. The van der Waals surface area contributed by atoms with E-state index in [-0.39, 0.29) is 12.2 Å². The molecule has 0 radical (unpaired) electrons. The maximum absolute atomic E-state index is 12.3. The minimum atomic E-state index is -0.498. The number of carbonyl (C=O) groups excluding carboxylic acids is 1. The van der Waals surface area contributed by atoms with Crippen LogP contribution >= 0.6 is 11.8 Å². The number of esters is 1. The first-order chi connectivity index (χ1) is 16.1. The van der Waals surface area contributed by atoms with Crippen molar-refractivity contribution in [2.24, 2.45) is 0 Å². The number of carbonyl (C=O) groups is 1. The number of aromatic nitrogens is 4. The number of anilines is 2. The molecular formula is C23H23N5O4S. The first kappa shape index (κ1) is 22.4. The van der Waals surface area contributed by atoms with Gasteiger partial charge in [-0.05, 0) is 43.0 Å². The lowest BCUT2D eigenvalue weighted by atomic mass is 10.2. The molecule has 0 saturated heterocycles. The van der Waals surface area contributed by atoms with Crippen LogP contribution in [0.2, 0.25) is 0 Å². The van der Waals surface area contributed by atoms with Gasteiger partial charge in [0.25, 0.3) is 0 Å². The predicted octanol–water partition coefficient (Wildman–Crippen LogP) is 4.58. The van der Waals surface area contributed by atoms with Gasteiger partial charge in [0.05, 0.1) is 19.2 Å². The molecule has 2 aromatic heterocycles. The highest BCUT2D eigenvalue weighted by atomic mass is 32.2. The number of H-pyrrole nitrogens is 1. The monoisotopic (exact) mass is 465 g/mol. The smallest absolute Gasteiger partial charge is 0.343 e. The molecule has 9 nitrogen and oxygen atoms in total. The summed E-state index contributed by atoms with van der Waals surface area (Å²) in [5, 5.41) is 11.8. The molecular weight excluding hydrogens is 442 g/mol. The van der Waals surface area contributed by atoms with Crippen molar-refractivity contribution in [3.63, 3.8) is 0 Å². The zero-order chi connectivity index (χ0) is 23.2. The van der Waals surface area contributed by atoms with Gasteiger partial charge in [-0.25, -0.2) is 14.8 Å². The maximum Gasteiger partial charge on any atom is 0.343 e. The maximum atomic E-state index is 12.3. The van der Waals surface area contributed by atoms with E-state index in [2.05, 4.69) is 25.5 Å². The molecule has 0 atom stereocenters. The molecule has 0 aliphatic carbocycles. The van der Waals surface area contributed by atoms with Gasteiger partial charge in [-0.1, -0.05) is 23.9 Å². The number of nitrogens with one attached hydrogen (secondary N) is 2. The van der Waals surface area contributed by atoms with E-state index in [0.717, 1.165) is 22.2 Å². The first-order valence-corrected chi connectivity index (χ1v) is 11.4. The molecule has 33 heavy (non-hydrogen) atoms. The van der Waals surface area contributed by atoms with Crippen LogP contribution in [0.15, 0.2) is 53.8 Å². The number of hydrogen-bond acceptors (Lipinski definition) is 9. The Morgan fingerprint density at radius 1 is 1.12 bits per heavy atom. The normalized spacial score (nSPS) is 10.8. The number of nitrogens with zero attached hydrogens (tertiary/aromatic N) is 3. The molecule has 0 fully saturated rings. The summed E-state index contributed by atoms with van der Waals surface area (Å²) < 4.78 is 16.2. The van der Waals surface area contributed by atoms with Crippen molar-refractivity contribution in [1.82, 2.24) is 20.2 Å². The molecule has 10 heteroatoms. The summed E-state index contributed by atoms with van der Waals surface area (Å²) in [5.41, 5.74) is 2.05. The number of aromatic amines is 1. The largest absolute Gasteiger partial charge is 0.497 e. The summed E-state index contributed by atoms with van der Waals surface area (Å²) in [6, 6.07) is 13.3. The van der Waals surface area contributed by atoms with Crippen LogP contribution in [0.3, 0.4) is 0 Å². The molecule has 0 amide bonds. The second kappa shape index (κ2) is 10.2. The quantitative estimate of drug-likeness (QED) is 0.208. The first-order valence-electron chi connectivity index (χ1n) is 10.2. The summed E-state index contributed by atoms with van der Waals surface area (Å²) >= 11 is 1.37. The highest BCUT2D eigenvalue weighted by Gasteiger charge is 2.18. The summed E-state index contributed by atoms with van der Waals surface area (Å²) in [4.78, 5) is 20.9. The zero-order valence-corrected chi connectivity index (χ0v) is 19.2. The molecule has 170 valence electrons. The SMILES string of the molecule is CCOC(=O)c1cnc(SC)nc1Nc1n[nH]c2cc(OCc3ccc(OC)cc3)ccc12. The van der Waals surface area contributed by atoms with Gasteiger partial charge in [0.15, 0.2) is 16.8 Å². The minimum Gasteiger partial charge on any atom is -0.497 e. The van der Waals surface area contributed by atoms with Crippen LogP contribution in [-0.4, -0.2) is 46.1 Å². The van der Waals surface area contributed by atoms with Crippen molar-refractivity contribution in [2.45, 2.75) is 18.7 Å². The Balaban J connectivity index is 1.53. The van der Waals surface area contributed by atoms with Gasteiger partial charge >= 0.3 is 5.97 Å². The molecule has 0 spiro atoms. The Hall–Kier alpha value is -3.79. The fourth-order valence-corrected chi connectivity index (χ4v) is 3.44. The van der Waals surface area contributed by atoms with E-state index in [9.17, 15) is 4.79 Å². The summed E-state index contributed by atoms with van der Waals surface area (Å²) in [7, 11) is 1.64. The number of benzene rings is 2.